The summed E-state index contributed by atoms with van der Waals surface area (Å²) in [4.78, 5) is 38.9. The minimum absolute atomic E-state index is 0.0886. The number of hydrogen-bond donors (Lipinski definition) is 1. The van der Waals surface area contributed by atoms with Crippen molar-refractivity contribution < 1.29 is 18.7 Å². The van der Waals surface area contributed by atoms with Gasteiger partial charge in [0.25, 0.3) is 5.91 Å². The summed E-state index contributed by atoms with van der Waals surface area (Å²) in [5.74, 6) is -1.08. The van der Waals surface area contributed by atoms with Crippen molar-refractivity contribution in [3.63, 3.8) is 0 Å². The molecule has 0 spiro atoms. The van der Waals surface area contributed by atoms with E-state index >= 15 is 0 Å². The average molecular weight is 411 g/mol. The Morgan fingerprint density at radius 2 is 2.00 bits per heavy atom. The SMILES string of the molecule is CCOC(=O)c1c(NC(=O)c2cc(=O)c3ccc(C)cc3o2)sc2c1CCCC2. The van der Waals surface area contributed by atoms with Crippen LogP contribution in [-0.2, 0) is 17.6 Å². The Morgan fingerprint density at radius 3 is 2.79 bits per heavy atom. The standard InChI is InChI=1S/C22H21NO5S/c1-3-27-22(26)19-14-6-4-5-7-18(14)29-21(19)23-20(25)17-11-15(24)13-9-8-12(2)10-16(13)28-17/h8-11H,3-7H2,1-2H3,(H,23,25). The van der Waals surface area contributed by atoms with E-state index in [-0.39, 0.29) is 17.8 Å². The molecule has 29 heavy (non-hydrogen) atoms. The van der Waals surface area contributed by atoms with Crippen LogP contribution in [0.25, 0.3) is 11.0 Å². The first-order valence-corrected chi connectivity index (χ1v) is 10.5. The smallest absolute Gasteiger partial charge is 0.341 e. The van der Waals surface area contributed by atoms with Crippen LogP contribution in [0.5, 0.6) is 0 Å². The zero-order chi connectivity index (χ0) is 20.5. The number of carbonyl (C=O) groups excluding carboxylic acids is 2. The summed E-state index contributed by atoms with van der Waals surface area (Å²) in [5.41, 5.74) is 2.39. The van der Waals surface area contributed by atoms with E-state index < -0.39 is 11.9 Å². The molecule has 2 aromatic heterocycles. The Morgan fingerprint density at radius 1 is 1.21 bits per heavy atom. The summed E-state index contributed by atoms with van der Waals surface area (Å²) in [7, 11) is 0. The molecule has 1 aliphatic rings. The molecule has 1 amide bonds. The Kier molecular flexibility index (Phi) is 5.24. The second kappa shape index (κ2) is 7.83. The zero-order valence-electron chi connectivity index (χ0n) is 16.3. The molecule has 0 aliphatic heterocycles. The van der Waals surface area contributed by atoms with Crippen LogP contribution in [0.2, 0.25) is 0 Å². The lowest BCUT2D eigenvalue weighted by atomic mass is 9.95. The van der Waals surface area contributed by atoms with Crippen LogP contribution in [0.4, 0.5) is 5.00 Å². The lowest BCUT2D eigenvalue weighted by Crippen LogP contribution is -2.17. The zero-order valence-corrected chi connectivity index (χ0v) is 17.1. The quantitative estimate of drug-likeness (QED) is 0.640. The molecule has 6 nitrogen and oxygen atoms in total. The Labute approximate surface area is 171 Å². The molecule has 0 atom stereocenters. The van der Waals surface area contributed by atoms with Crippen LogP contribution in [0.1, 0.15) is 56.7 Å². The van der Waals surface area contributed by atoms with Crippen molar-refractivity contribution in [3.8, 4) is 0 Å². The number of benzene rings is 1. The van der Waals surface area contributed by atoms with Crippen LogP contribution in [0.3, 0.4) is 0 Å². The number of esters is 1. The van der Waals surface area contributed by atoms with E-state index in [9.17, 15) is 14.4 Å². The molecule has 1 N–H and O–H groups in total. The van der Waals surface area contributed by atoms with Crippen molar-refractivity contribution in [2.75, 3.05) is 11.9 Å². The van der Waals surface area contributed by atoms with Gasteiger partial charge in [-0.2, -0.15) is 0 Å². The number of ether oxygens (including phenoxy) is 1. The molecular weight excluding hydrogens is 390 g/mol. The summed E-state index contributed by atoms with van der Waals surface area (Å²) in [5, 5.41) is 3.65. The number of hydrogen-bond acceptors (Lipinski definition) is 6. The summed E-state index contributed by atoms with van der Waals surface area (Å²) in [6.45, 7) is 3.89. The average Bonchev–Trinajstić information content (AvgIpc) is 3.05. The highest BCUT2D eigenvalue weighted by Crippen LogP contribution is 2.38. The number of amides is 1. The second-order valence-corrected chi connectivity index (χ2v) is 8.17. The topological polar surface area (TPSA) is 85.6 Å². The van der Waals surface area contributed by atoms with Gasteiger partial charge in [0.15, 0.2) is 11.2 Å². The number of rotatable bonds is 4. The van der Waals surface area contributed by atoms with E-state index in [1.54, 1.807) is 19.1 Å². The third-order valence-corrected chi connectivity index (χ3v) is 6.19. The number of nitrogens with one attached hydrogen (secondary N) is 1. The minimum Gasteiger partial charge on any atom is -0.462 e. The van der Waals surface area contributed by atoms with Crippen LogP contribution < -0.4 is 10.7 Å². The number of aryl methyl sites for hydroxylation is 2. The van der Waals surface area contributed by atoms with Gasteiger partial charge in [-0.3, -0.25) is 9.59 Å². The third-order valence-electron chi connectivity index (χ3n) is 4.99. The third kappa shape index (κ3) is 3.70. The number of carbonyl (C=O) groups is 2. The molecule has 0 saturated carbocycles. The maximum absolute atomic E-state index is 12.9. The first-order valence-electron chi connectivity index (χ1n) is 9.65. The highest BCUT2D eigenvalue weighted by molar-refractivity contribution is 7.17. The van der Waals surface area contributed by atoms with Gasteiger partial charge in [0.05, 0.1) is 17.6 Å². The van der Waals surface area contributed by atoms with Gasteiger partial charge >= 0.3 is 5.97 Å². The van der Waals surface area contributed by atoms with Crippen molar-refractivity contribution in [1.82, 2.24) is 0 Å². The van der Waals surface area contributed by atoms with E-state index in [1.807, 2.05) is 13.0 Å². The van der Waals surface area contributed by atoms with E-state index in [1.165, 1.54) is 17.4 Å². The molecule has 0 radical (unpaired) electrons. The lowest BCUT2D eigenvalue weighted by molar-refractivity contribution is 0.0526. The van der Waals surface area contributed by atoms with E-state index in [0.29, 0.717) is 21.5 Å². The van der Waals surface area contributed by atoms with Crippen molar-refractivity contribution in [2.45, 2.75) is 39.5 Å². The predicted molar refractivity (Wildman–Crippen MR) is 112 cm³/mol. The van der Waals surface area contributed by atoms with Gasteiger partial charge in [0.2, 0.25) is 0 Å². The van der Waals surface area contributed by atoms with Gasteiger partial charge in [-0.1, -0.05) is 6.07 Å². The van der Waals surface area contributed by atoms with Gasteiger partial charge in [-0.25, -0.2) is 4.79 Å². The van der Waals surface area contributed by atoms with Crippen LogP contribution in [-0.4, -0.2) is 18.5 Å². The van der Waals surface area contributed by atoms with E-state index in [4.69, 9.17) is 9.15 Å². The lowest BCUT2D eigenvalue weighted by Gasteiger charge is -2.12. The fourth-order valence-corrected chi connectivity index (χ4v) is 4.88. The highest BCUT2D eigenvalue weighted by atomic mass is 32.1. The first-order chi connectivity index (χ1) is 14.0. The van der Waals surface area contributed by atoms with Crippen molar-refractivity contribution in [3.05, 3.63) is 61.8 Å². The molecule has 0 unspecified atom stereocenters. The maximum Gasteiger partial charge on any atom is 0.341 e. The van der Waals surface area contributed by atoms with Gasteiger partial charge in [-0.15, -0.1) is 11.3 Å². The fourth-order valence-electron chi connectivity index (χ4n) is 3.61. The van der Waals surface area contributed by atoms with Crippen LogP contribution in [0.15, 0.2) is 33.5 Å². The molecule has 0 fully saturated rings. The number of fused-ring (bicyclic) bond motifs is 2. The summed E-state index contributed by atoms with van der Waals surface area (Å²) in [6.07, 6.45) is 3.73. The first kappa shape index (κ1) is 19.4. The van der Waals surface area contributed by atoms with Crippen LogP contribution in [0, 0.1) is 6.92 Å². The Hall–Kier alpha value is -2.93. The monoisotopic (exact) mass is 411 g/mol. The molecule has 7 heteroatoms. The predicted octanol–water partition coefficient (Wildman–Crippen LogP) is 4.47. The van der Waals surface area contributed by atoms with Crippen molar-refractivity contribution in [2.24, 2.45) is 0 Å². The molecule has 0 bridgehead atoms. The number of anilines is 1. The molecule has 1 aromatic carbocycles. The number of thiophene rings is 1. The van der Waals surface area contributed by atoms with Gasteiger partial charge in [-0.05, 0) is 62.8 Å². The molecule has 3 aromatic rings. The van der Waals surface area contributed by atoms with Gasteiger partial charge < -0.3 is 14.5 Å². The molecule has 2 heterocycles. The maximum atomic E-state index is 12.9. The Balaban J connectivity index is 1.72. The minimum atomic E-state index is -0.561. The summed E-state index contributed by atoms with van der Waals surface area (Å²) < 4.78 is 10.9. The normalized spacial score (nSPS) is 13.2. The molecule has 1 aliphatic carbocycles. The highest BCUT2D eigenvalue weighted by Gasteiger charge is 2.28. The molecule has 4 rings (SSSR count). The second-order valence-electron chi connectivity index (χ2n) is 7.06. The van der Waals surface area contributed by atoms with Gasteiger partial charge in [0, 0.05) is 10.9 Å². The van der Waals surface area contributed by atoms with Crippen LogP contribution >= 0.6 is 11.3 Å². The largest absolute Gasteiger partial charge is 0.462 e. The van der Waals surface area contributed by atoms with Crippen molar-refractivity contribution in [1.29, 1.82) is 0 Å². The van der Waals surface area contributed by atoms with E-state index in [2.05, 4.69) is 5.32 Å². The molecule has 150 valence electrons. The fraction of sp³-hybridized carbons (Fsp3) is 0.318. The van der Waals surface area contributed by atoms with Crippen molar-refractivity contribution >= 4 is 39.2 Å². The van der Waals surface area contributed by atoms with E-state index in [0.717, 1.165) is 41.7 Å². The summed E-state index contributed by atoms with van der Waals surface area (Å²) in [6, 6.07) is 6.41. The van der Waals surface area contributed by atoms with Gasteiger partial charge in [0.1, 0.15) is 10.6 Å². The Bertz CT molecular complexity index is 1170. The summed E-state index contributed by atoms with van der Waals surface area (Å²) >= 11 is 1.40. The molecule has 0 saturated heterocycles. The molecular formula is C22H21NO5S.